The predicted molar refractivity (Wildman–Crippen MR) is 87.4 cm³/mol. The fourth-order valence-electron chi connectivity index (χ4n) is 3.20. The maximum Gasteiger partial charge on any atom is 0.238 e. The zero-order valence-electron chi connectivity index (χ0n) is 13.1. The van der Waals surface area contributed by atoms with Gasteiger partial charge in [0, 0.05) is 37.8 Å². The van der Waals surface area contributed by atoms with Crippen LogP contribution in [-0.4, -0.2) is 50.8 Å². The molecule has 2 amide bonds. The minimum absolute atomic E-state index is 0.00593. The maximum absolute atomic E-state index is 12.5. The third kappa shape index (κ3) is 3.28. The van der Waals surface area contributed by atoms with Crippen LogP contribution in [0.25, 0.3) is 0 Å². The van der Waals surface area contributed by atoms with E-state index in [0.717, 1.165) is 6.42 Å². The van der Waals surface area contributed by atoms with E-state index >= 15 is 0 Å². The van der Waals surface area contributed by atoms with Gasteiger partial charge in [0.25, 0.3) is 0 Å². The second kappa shape index (κ2) is 6.15. The van der Waals surface area contributed by atoms with E-state index in [4.69, 9.17) is 10.9 Å². The van der Waals surface area contributed by atoms with Crippen molar-refractivity contribution in [2.45, 2.75) is 23.8 Å². The van der Waals surface area contributed by atoms with Crippen LogP contribution in [0.2, 0.25) is 0 Å². The van der Waals surface area contributed by atoms with Gasteiger partial charge in [0.05, 0.1) is 10.8 Å². The number of benzene rings is 1. The predicted octanol–water partition coefficient (Wildman–Crippen LogP) is -0.753. The Morgan fingerprint density at radius 1 is 1.25 bits per heavy atom. The molecule has 24 heavy (non-hydrogen) atoms. The number of primary sulfonamides is 1. The smallest absolute Gasteiger partial charge is 0.238 e. The molecule has 2 fully saturated rings. The molecule has 2 heterocycles. The van der Waals surface area contributed by atoms with Gasteiger partial charge in [0.2, 0.25) is 21.8 Å². The van der Waals surface area contributed by atoms with E-state index in [-0.39, 0.29) is 35.7 Å². The van der Waals surface area contributed by atoms with Crippen molar-refractivity contribution in [2.75, 3.05) is 24.5 Å². The van der Waals surface area contributed by atoms with E-state index in [9.17, 15) is 18.0 Å². The van der Waals surface area contributed by atoms with Crippen molar-refractivity contribution in [2.24, 2.45) is 16.8 Å². The molecular formula is C15H20N4O4S. The number of nitrogens with zero attached hydrogens (tertiary/aromatic N) is 2. The summed E-state index contributed by atoms with van der Waals surface area (Å²) in [6, 6.07) is 5.87. The summed E-state index contributed by atoms with van der Waals surface area (Å²) >= 11 is 0. The Balaban J connectivity index is 1.77. The molecule has 2 saturated heterocycles. The highest BCUT2D eigenvalue weighted by molar-refractivity contribution is 7.89. The second-order valence-electron chi connectivity index (χ2n) is 6.28. The first-order chi connectivity index (χ1) is 11.3. The molecule has 0 aliphatic carbocycles. The fourth-order valence-corrected chi connectivity index (χ4v) is 3.75. The van der Waals surface area contributed by atoms with E-state index in [1.807, 2.05) is 0 Å². The van der Waals surface area contributed by atoms with Crippen LogP contribution in [0, 0.1) is 5.92 Å². The van der Waals surface area contributed by atoms with Gasteiger partial charge in [-0.3, -0.25) is 9.59 Å². The Morgan fingerprint density at radius 2 is 2.00 bits per heavy atom. The quantitative estimate of drug-likeness (QED) is 0.740. The van der Waals surface area contributed by atoms with Gasteiger partial charge in [0.15, 0.2) is 0 Å². The number of carbonyl (C=O) groups is 2. The van der Waals surface area contributed by atoms with Crippen molar-refractivity contribution >= 4 is 27.5 Å². The standard InChI is InChI=1S/C15H20N4O4S/c16-11-4-5-18(9-11)15(21)10-6-14(20)19(8-10)12-2-1-3-13(7-12)24(17,22)23/h1-3,7,10-11H,4-6,8-9,16H2,(H2,17,22,23). The average molecular weight is 352 g/mol. The van der Waals surface area contributed by atoms with E-state index in [1.54, 1.807) is 11.0 Å². The number of nitrogens with two attached hydrogens (primary N) is 2. The zero-order chi connectivity index (χ0) is 17.5. The van der Waals surface area contributed by atoms with Crippen molar-refractivity contribution in [1.82, 2.24) is 4.90 Å². The highest BCUT2D eigenvalue weighted by Crippen LogP contribution is 2.28. The van der Waals surface area contributed by atoms with Crippen LogP contribution >= 0.6 is 0 Å². The van der Waals surface area contributed by atoms with Crippen LogP contribution in [0.3, 0.4) is 0 Å². The third-order valence-electron chi connectivity index (χ3n) is 4.47. The highest BCUT2D eigenvalue weighted by Gasteiger charge is 2.38. The van der Waals surface area contributed by atoms with Gasteiger partial charge in [-0.25, -0.2) is 13.6 Å². The number of hydrogen-bond acceptors (Lipinski definition) is 5. The molecule has 9 heteroatoms. The molecule has 2 aliphatic rings. The summed E-state index contributed by atoms with van der Waals surface area (Å²) in [4.78, 5) is 27.9. The number of hydrogen-bond donors (Lipinski definition) is 2. The average Bonchev–Trinajstić information content (AvgIpc) is 3.12. The Morgan fingerprint density at radius 3 is 2.62 bits per heavy atom. The highest BCUT2D eigenvalue weighted by atomic mass is 32.2. The molecule has 8 nitrogen and oxygen atoms in total. The number of sulfonamides is 1. The largest absolute Gasteiger partial charge is 0.341 e. The third-order valence-corrected chi connectivity index (χ3v) is 5.38. The molecule has 3 rings (SSSR count). The first kappa shape index (κ1) is 16.9. The Kier molecular flexibility index (Phi) is 4.33. The molecule has 0 aromatic heterocycles. The summed E-state index contributed by atoms with van der Waals surface area (Å²) in [5.74, 6) is -0.703. The Labute approximate surface area is 140 Å². The SMILES string of the molecule is NC1CCN(C(=O)C2CC(=O)N(c3cccc(S(N)(=O)=O)c3)C2)C1. The minimum Gasteiger partial charge on any atom is -0.341 e. The van der Waals surface area contributed by atoms with Crippen LogP contribution in [-0.2, 0) is 19.6 Å². The number of amides is 2. The van der Waals surface area contributed by atoms with Gasteiger partial charge in [0.1, 0.15) is 0 Å². The second-order valence-corrected chi connectivity index (χ2v) is 7.84. The van der Waals surface area contributed by atoms with Crippen LogP contribution in [0.1, 0.15) is 12.8 Å². The van der Waals surface area contributed by atoms with Gasteiger partial charge in [-0.2, -0.15) is 0 Å². The molecule has 1 aromatic carbocycles. The summed E-state index contributed by atoms with van der Waals surface area (Å²) in [6.45, 7) is 1.37. The molecule has 1 aromatic rings. The monoisotopic (exact) mass is 352 g/mol. The fraction of sp³-hybridized carbons (Fsp3) is 0.467. The Hall–Kier alpha value is -1.97. The van der Waals surface area contributed by atoms with E-state index in [2.05, 4.69) is 0 Å². The zero-order valence-corrected chi connectivity index (χ0v) is 13.9. The van der Waals surface area contributed by atoms with E-state index < -0.39 is 15.9 Å². The molecule has 2 unspecified atom stereocenters. The first-order valence-electron chi connectivity index (χ1n) is 7.73. The van der Waals surface area contributed by atoms with E-state index in [1.165, 1.54) is 23.1 Å². The number of rotatable bonds is 3. The number of anilines is 1. The first-order valence-corrected chi connectivity index (χ1v) is 9.28. The van der Waals surface area contributed by atoms with Crippen molar-refractivity contribution in [3.63, 3.8) is 0 Å². The molecule has 0 spiro atoms. The maximum atomic E-state index is 12.5. The van der Waals surface area contributed by atoms with Crippen molar-refractivity contribution < 1.29 is 18.0 Å². The molecule has 2 atom stereocenters. The van der Waals surface area contributed by atoms with Gasteiger partial charge >= 0.3 is 0 Å². The summed E-state index contributed by atoms with van der Waals surface area (Å²) in [5.41, 5.74) is 6.26. The number of carbonyl (C=O) groups excluding carboxylic acids is 2. The van der Waals surface area contributed by atoms with Gasteiger partial charge in [-0.05, 0) is 24.6 Å². The van der Waals surface area contributed by atoms with Crippen molar-refractivity contribution in [3.05, 3.63) is 24.3 Å². The van der Waals surface area contributed by atoms with Crippen LogP contribution in [0.4, 0.5) is 5.69 Å². The van der Waals surface area contributed by atoms with Gasteiger partial charge < -0.3 is 15.5 Å². The lowest BCUT2D eigenvalue weighted by Crippen LogP contribution is -2.37. The lowest BCUT2D eigenvalue weighted by atomic mass is 10.1. The summed E-state index contributed by atoms with van der Waals surface area (Å²) in [6.07, 6.45) is 0.886. The lowest BCUT2D eigenvalue weighted by molar-refractivity contribution is -0.134. The van der Waals surface area contributed by atoms with Crippen LogP contribution in [0.15, 0.2) is 29.2 Å². The summed E-state index contributed by atoms with van der Waals surface area (Å²) in [7, 11) is -3.85. The lowest BCUT2D eigenvalue weighted by Gasteiger charge is -2.21. The molecule has 2 aliphatic heterocycles. The normalized spacial score (nSPS) is 24.7. The minimum atomic E-state index is -3.85. The van der Waals surface area contributed by atoms with Gasteiger partial charge in [-0.15, -0.1) is 0 Å². The van der Waals surface area contributed by atoms with Crippen LogP contribution < -0.4 is 15.8 Å². The van der Waals surface area contributed by atoms with Crippen molar-refractivity contribution in [1.29, 1.82) is 0 Å². The molecule has 0 saturated carbocycles. The van der Waals surface area contributed by atoms with Crippen molar-refractivity contribution in [3.8, 4) is 0 Å². The van der Waals surface area contributed by atoms with Gasteiger partial charge in [-0.1, -0.05) is 6.07 Å². The van der Waals surface area contributed by atoms with E-state index in [0.29, 0.717) is 18.8 Å². The number of likely N-dealkylation sites (tertiary alicyclic amines) is 1. The molecule has 4 N–H and O–H groups in total. The molecular weight excluding hydrogens is 332 g/mol. The summed E-state index contributed by atoms with van der Waals surface area (Å²) < 4.78 is 22.9. The summed E-state index contributed by atoms with van der Waals surface area (Å²) in [5, 5.41) is 5.13. The topological polar surface area (TPSA) is 127 Å². The van der Waals surface area contributed by atoms with Crippen LogP contribution in [0.5, 0.6) is 0 Å². The molecule has 130 valence electrons. The molecule has 0 bridgehead atoms. The Bertz CT molecular complexity index is 779. The molecule has 0 radical (unpaired) electrons.